The minimum Gasteiger partial charge on any atom is -0.488 e. The van der Waals surface area contributed by atoms with Gasteiger partial charge in [-0.3, -0.25) is 4.98 Å². The molecule has 0 saturated heterocycles. The molecule has 0 radical (unpaired) electrons. The zero-order valence-corrected chi connectivity index (χ0v) is 12.1. The molecule has 5 heteroatoms. The topological polar surface area (TPSA) is 34.1 Å². The van der Waals surface area contributed by atoms with Gasteiger partial charge in [0.1, 0.15) is 24.0 Å². The lowest BCUT2D eigenvalue weighted by molar-refractivity contribution is 0.297. The number of benzene rings is 1. The van der Waals surface area contributed by atoms with Gasteiger partial charge in [-0.1, -0.05) is 13.0 Å². The minimum absolute atomic E-state index is 0.0382. The van der Waals surface area contributed by atoms with Crippen LogP contribution in [0.2, 0.25) is 0 Å². The van der Waals surface area contributed by atoms with Gasteiger partial charge in [-0.15, -0.1) is 0 Å². The van der Waals surface area contributed by atoms with Crippen LogP contribution in [0.1, 0.15) is 31.0 Å². The van der Waals surface area contributed by atoms with Crippen molar-refractivity contribution in [3.05, 3.63) is 59.4 Å². The Labute approximate surface area is 123 Å². The van der Waals surface area contributed by atoms with Crippen molar-refractivity contribution in [3.63, 3.8) is 0 Å². The second-order valence-corrected chi connectivity index (χ2v) is 4.76. The minimum atomic E-state index is -0.420. The molecule has 1 N–H and O–H groups in total. The molecule has 0 aliphatic rings. The molecule has 112 valence electrons. The number of nitrogens with zero attached hydrogens (tertiary/aromatic N) is 1. The van der Waals surface area contributed by atoms with Gasteiger partial charge in [0.2, 0.25) is 0 Å². The molecule has 1 unspecified atom stereocenters. The average molecular weight is 292 g/mol. The second kappa shape index (κ2) is 7.13. The fraction of sp³-hybridized carbons (Fsp3) is 0.312. The molecule has 1 aromatic carbocycles. The van der Waals surface area contributed by atoms with Gasteiger partial charge in [0, 0.05) is 29.4 Å². The molecular formula is C16H18F2N2O. The molecule has 1 aromatic heterocycles. The van der Waals surface area contributed by atoms with Crippen LogP contribution in [0.25, 0.3) is 0 Å². The Bertz CT molecular complexity index is 605. The predicted octanol–water partition coefficient (Wildman–Crippen LogP) is 3.61. The standard InChI is InChI=1S/C16H18F2N2O/c1-3-20-11(2)15-5-4-13(17)7-16(15)21-10-12-6-14(18)9-19-8-12/h4-9,11,20H,3,10H2,1-2H3. The zero-order chi connectivity index (χ0) is 15.2. The van der Waals surface area contributed by atoms with E-state index in [4.69, 9.17) is 4.74 Å². The molecule has 0 amide bonds. The Hall–Kier alpha value is -2.01. The van der Waals surface area contributed by atoms with Crippen molar-refractivity contribution in [1.29, 1.82) is 0 Å². The normalized spacial score (nSPS) is 12.2. The Morgan fingerprint density at radius 2 is 2.00 bits per heavy atom. The number of ether oxygens (including phenoxy) is 1. The number of hydrogen-bond acceptors (Lipinski definition) is 3. The number of nitrogens with one attached hydrogen (secondary N) is 1. The average Bonchev–Trinajstić information content (AvgIpc) is 2.45. The summed E-state index contributed by atoms with van der Waals surface area (Å²) in [7, 11) is 0. The van der Waals surface area contributed by atoms with Crippen LogP contribution in [-0.2, 0) is 6.61 Å². The third-order valence-electron chi connectivity index (χ3n) is 3.11. The molecular weight excluding hydrogens is 274 g/mol. The summed E-state index contributed by atoms with van der Waals surface area (Å²) >= 11 is 0. The molecule has 21 heavy (non-hydrogen) atoms. The molecule has 2 aromatic rings. The predicted molar refractivity (Wildman–Crippen MR) is 77.0 cm³/mol. The summed E-state index contributed by atoms with van der Waals surface area (Å²) in [5.74, 6) is -0.334. The summed E-state index contributed by atoms with van der Waals surface area (Å²) in [6.07, 6.45) is 2.65. The summed E-state index contributed by atoms with van der Waals surface area (Å²) in [5.41, 5.74) is 1.46. The van der Waals surface area contributed by atoms with Crippen LogP contribution in [0.4, 0.5) is 8.78 Å². The van der Waals surface area contributed by atoms with E-state index in [1.165, 1.54) is 24.4 Å². The van der Waals surface area contributed by atoms with E-state index in [1.54, 1.807) is 6.07 Å². The summed E-state index contributed by atoms with van der Waals surface area (Å²) in [4.78, 5) is 3.76. The number of halogens is 2. The summed E-state index contributed by atoms with van der Waals surface area (Å²) in [6.45, 7) is 4.91. The highest BCUT2D eigenvalue weighted by atomic mass is 19.1. The van der Waals surface area contributed by atoms with Gasteiger partial charge in [-0.2, -0.15) is 0 Å². The largest absolute Gasteiger partial charge is 0.488 e. The van der Waals surface area contributed by atoms with Gasteiger partial charge in [-0.05, 0) is 25.6 Å². The van der Waals surface area contributed by atoms with Crippen molar-refractivity contribution in [2.24, 2.45) is 0 Å². The van der Waals surface area contributed by atoms with Crippen molar-refractivity contribution in [3.8, 4) is 5.75 Å². The third-order valence-corrected chi connectivity index (χ3v) is 3.11. The lowest BCUT2D eigenvalue weighted by Gasteiger charge is -2.17. The first kappa shape index (κ1) is 15.4. The lowest BCUT2D eigenvalue weighted by atomic mass is 10.1. The molecule has 2 rings (SSSR count). The van der Waals surface area contributed by atoms with Gasteiger partial charge >= 0.3 is 0 Å². The van der Waals surface area contributed by atoms with Crippen LogP contribution in [-0.4, -0.2) is 11.5 Å². The first-order valence-corrected chi connectivity index (χ1v) is 6.85. The van der Waals surface area contributed by atoms with Crippen LogP contribution in [0.5, 0.6) is 5.75 Å². The van der Waals surface area contributed by atoms with Crippen LogP contribution < -0.4 is 10.1 Å². The van der Waals surface area contributed by atoms with Crippen LogP contribution >= 0.6 is 0 Å². The highest BCUT2D eigenvalue weighted by molar-refractivity contribution is 5.36. The van der Waals surface area contributed by atoms with Crippen LogP contribution in [0.15, 0.2) is 36.7 Å². The molecule has 0 saturated carbocycles. The number of pyridine rings is 1. The molecule has 3 nitrogen and oxygen atoms in total. The van der Waals surface area contributed by atoms with Crippen LogP contribution in [0, 0.1) is 11.6 Å². The third kappa shape index (κ3) is 4.23. The second-order valence-electron chi connectivity index (χ2n) is 4.76. The van der Waals surface area contributed by atoms with Gasteiger partial charge < -0.3 is 10.1 Å². The van der Waals surface area contributed by atoms with Gasteiger partial charge in [0.25, 0.3) is 0 Å². The Morgan fingerprint density at radius 1 is 1.19 bits per heavy atom. The SMILES string of the molecule is CCNC(C)c1ccc(F)cc1OCc1cncc(F)c1. The first-order chi connectivity index (χ1) is 10.1. The Kier molecular flexibility index (Phi) is 5.22. The maximum atomic E-state index is 13.4. The molecule has 0 aliphatic carbocycles. The Morgan fingerprint density at radius 3 is 2.71 bits per heavy atom. The maximum absolute atomic E-state index is 13.4. The summed E-state index contributed by atoms with van der Waals surface area (Å²) in [6, 6.07) is 5.83. The maximum Gasteiger partial charge on any atom is 0.141 e. The molecule has 0 aliphatic heterocycles. The van der Waals surface area contributed by atoms with Crippen molar-refractivity contribution in [1.82, 2.24) is 10.3 Å². The quantitative estimate of drug-likeness (QED) is 0.883. The first-order valence-electron chi connectivity index (χ1n) is 6.85. The van der Waals surface area contributed by atoms with Crippen molar-refractivity contribution in [2.75, 3.05) is 6.54 Å². The number of aromatic nitrogens is 1. The zero-order valence-electron chi connectivity index (χ0n) is 12.1. The molecule has 1 heterocycles. The molecule has 0 spiro atoms. The van der Waals surface area contributed by atoms with E-state index < -0.39 is 5.82 Å². The number of hydrogen-bond donors (Lipinski definition) is 1. The van der Waals surface area contributed by atoms with E-state index in [0.717, 1.165) is 18.3 Å². The lowest BCUT2D eigenvalue weighted by Crippen LogP contribution is -2.18. The fourth-order valence-electron chi connectivity index (χ4n) is 2.10. The van der Waals surface area contributed by atoms with Crippen molar-refractivity contribution < 1.29 is 13.5 Å². The molecule has 1 atom stereocenters. The van der Waals surface area contributed by atoms with E-state index in [-0.39, 0.29) is 18.5 Å². The highest BCUT2D eigenvalue weighted by Crippen LogP contribution is 2.27. The van der Waals surface area contributed by atoms with Crippen LogP contribution in [0.3, 0.4) is 0 Å². The summed E-state index contributed by atoms with van der Waals surface area (Å²) < 4.78 is 32.1. The van der Waals surface area contributed by atoms with Gasteiger partial charge in [0.05, 0.1) is 6.20 Å². The molecule has 0 fully saturated rings. The van der Waals surface area contributed by atoms with E-state index in [1.807, 2.05) is 13.8 Å². The molecule has 0 bridgehead atoms. The van der Waals surface area contributed by atoms with E-state index in [2.05, 4.69) is 10.3 Å². The van der Waals surface area contributed by atoms with E-state index >= 15 is 0 Å². The smallest absolute Gasteiger partial charge is 0.141 e. The monoisotopic (exact) mass is 292 g/mol. The number of rotatable bonds is 6. The van der Waals surface area contributed by atoms with E-state index in [0.29, 0.717) is 11.3 Å². The van der Waals surface area contributed by atoms with Gasteiger partial charge in [0.15, 0.2) is 0 Å². The summed E-state index contributed by atoms with van der Waals surface area (Å²) in [5, 5.41) is 3.25. The van der Waals surface area contributed by atoms with Crippen molar-refractivity contribution >= 4 is 0 Å². The van der Waals surface area contributed by atoms with Gasteiger partial charge in [-0.25, -0.2) is 8.78 Å². The Balaban J connectivity index is 2.16. The van der Waals surface area contributed by atoms with E-state index in [9.17, 15) is 8.78 Å². The highest BCUT2D eigenvalue weighted by Gasteiger charge is 2.12. The van der Waals surface area contributed by atoms with Crippen molar-refractivity contribution in [2.45, 2.75) is 26.5 Å². The fourth-order valence-corrected chi connectivity index (χ4v) is 2.10.